The van der Waals surface area contributed by atoms with Crippen molar-refractivity contribution >= 4 is 11.3 Å². The molecule has 1 aliphatic heterocycles. The van der Waals surface area contributed by atoms with Gasteiger partial charge >= 0.3 is 0 Å². The Balaban J connectivity index is 1.69. The van der Waals surface area contributed by atoms with E-state index in [0.717, 1.165) is 4.88 Å². The highest BCUT2D eigenvalue weighted by Crippen LogP contribution is 2.27. The Morgan fingerprint density at radius 2 is 2.33 bits per heavy atom. The van der Waals surface area contributed by atoms with Gasteiger partial charge in [0.05, 0.1) is 31.0 Å². The maximum Gasteiger partial charge on any atom is 0.129 e. The van der Waals surface area contributed by atoms with Crippen molar-refractivity contribution in [3.63, 3.8) is 0 Å². The number of nitrogens with zero attached hydrogens (tertiary/aromatic N) is 2. The third-order valence-corrected chi connectivity index (χ3v) is 5.25. The molecule has 0 aliphatic carbocycles. The molecule has 1 N–H and O–H groups in total. The second-order valence-electron chi connectivity index (χ2n) is 5.88. The van der Waals surface area contributed by atoms with E-state index in [1.54, 1.807) is 12.1 Å². The lowest BCUT2D eigenvalue weighted by molar-refractivity contribution is -0.0300. The molecule has 24 heavy (non-hydrogen) atoms. The summed E-state index contributed by atoms with van der Waals surface area (Å²) < 4.78 is 19.7. The van der Waals surface area contributed by atoms with E-state index in [1.807, 2.05) is 23.6 Å². The van der Waals surface area contributed by atoms with Crippen LogP contribution in [0.5, 0.6) is 0 Å². The molecule has 1 aromatic carbocycles. The van der Waals surface area contributed by atoms with Crippen molar-refractivity contribution in [3.05, 3.63) is 57.5 Å². The third-order valence-electron chi connectivity index (χ3n) is 4.27. The number of thiophene rings is 1. The largest absolute Gasteiger partial charge is 0.388 e. The summed E-state index contributed by atoms with van der Waals surface area (Å²) in [5, 5.41) is 21.2. The van der Waals surface area contributed by atoms with Crippen LogP contribution >= 0.6 is 11.3 Å². The van der Waals surface area contributed by atoms with Crippen LogP contribution in [0, 0.1) is 17.1 Å². The van der Waals surface area contributed by atoms with Crippen LogP contribution in [0.2, 0.25) is 0 Å². The normalized spacial score (nSPS) is 19.8. The van der Waals surface area contributed by atoms with Gasteiger partial charge in [-0.05, 0) is 30.0 Å². The van der Waals surface area contributed by atoms with Crippen molar-refractivity contribution in [2.24, 2.45) is 0 Å². The number of hydrogen-bond acceptors (Lipinski definition) is 5. The second kappa shape index (κ2) is 7.86. The molecular formula is C18H19FN2O2S. The molecule has 0 bridgehead atoms. The Labute approximate surface area is 144 Å². The fourth-order valence-electron chi connectivity index (χ4n) is 2.93. The van der Waals surface area contributed by atoms with E-state index in [0.29, 0.717) is 43.9 Å². The first-order valence-electron chi connectivity index (χ1n) is 7.89. The molecular weight excluding hydrogens is 327 g/mol. The highest BCUT2D eigenvalue weighted by Gasteiger charge is 2.27. The van der Waals surface area contributed by atoms with Crippen molar-refractivity contribution in [2.75, 3.05) is 19.8 Å². The summed E-state index contributed by atoms with van der Waals surface area (Å²) >= 11 is 1.53. The van der Waals surface area contributed by atoms with Crippen LogP contribution < -0.4 is 0 Å². The van der Waals surface area contributed by atoms with Gasteiger partial charge in [0.2, 0.25) is 0 Å². The third kappa shape index (κ3) is 4.00. The summed E-state index contributed by atoms with van der Waals surface area (Å²) in [6.07, 6.45) is 0.0170. The van der Waals surface area contributed by atoms with Gasteiger partial charge in [-0.25, -0.2) is 4.39 Å². The van der Waals surface area contributed by atoms with Gasteiger partial charge in [0.15, 0.2) is 0 Å². The molecule has 1 fully saturated rings. The first-order valence-corrected chi connectivity index (χ1v) is 8.77. The first-order chi connectivity index (χ1) is 11.7. The molecule has 0 spiro atoms. The molecule has 3 rings (SSSR count). The van der Waals surface area contributed by atoms with Crippen LogP contribution in [0.15, 0.2) is 35.7 Å². The number of nitriles is 1. The van der Waals surface area contributed by atoms with Gasteiger partial charge in [-0.1, -0.05) is 12.1 Å². The minimum absolute atomic E-state index is 0.0332. The lowest BCUT2D eigenvalue weighted by Gasteiger charge is -2.36. The molecule has 0 amide bonds. The van der Waals surface area contributed by atoms with Crippen LogP contribution in [0.3, 0.4) is 0 Å². The van der Waals surface area contributed by atoms with Crippen LogP contribution in [-0.2, 0) is 11.3 Å². The number of ether oxygens (including phenoxy) is 1. The zero-order valence-corrected chi connectivity index (χ0v) is 14.0. The topological polar surface area (TPSA) is 56.5 Å². The summed E-state index contributed by atoms with van der Waals surface area (Å²) in [6, 6.07) is 10.4. The molecule has 2 aromatic rings. The van der Waals surface area contributed by atoms with Crippen LogP contribution in [-0.4, -0.2) is 35.8 Å². The Bertz CT molecular complexity index is 714. The van der Waals surface area contributed by atoms with Gasteiger partial charge in [0.1, 0.15) is 5.82 Å². The predicted molar refractivity (Wildman–Crippen MR) is 90.0 cm³/mol. The summed E-state index contributed by atoms with van der Waals surface area (Å²) in [6.45, 7) is 2.27. The van der Waals surface area contributed by atoms with Crippen LogP contribution in [0.4, 0.5) is 4.39 Å². The molecule has 2 atom stereocenters. The Hall–Kier alpha value is -1.78. The van der Waals surface area contributed by atoms with Gasteiger partial charge in [0, 0.05) is 29.6 Å². The molecule has 0 saturated carbocycles. The average Bonchev–Trinajstić information content (AvgIpc) is 3.13. The van der Waals surface area contributed by atoms with Crippen LogP contribution in [0.1, 0.15) is 28.5 Å². The second-order valence-corrected chi connectivity index (χ2v) is 6.86. The number of morpholine rings is 1. The van der Waals surface area contributed by atoms with Gasteiger partial charge in [-0.2, -0.15) is 5.26 Å². The Morgan fingerprint density at radius 3 is 3.04 bits per heavy atom. The SMILES string of the molecule is N#Cc1ccc(CN2CCOCC2CC(O)c2cccs2)c(F)c1. The standard InChI is InChI=1S/C18H19FN2O2S/c19-16-8-13(10-20)3-4-14(16)11-21-5-6-23-12-15(21)9-17(22)18-2-1-7-24-18/h1-4,7-8,15,17,22H,5-6,9,11-12H2. The Morgan fingerprint density at radius 1 is 1.46 bits per heavy atom. The predicted octanol–water partition coefficient (Wildman–Crippen LogP) is 3.08. The van der Waals surface area contributed by atoms with E-state index in [4.69, 9.17) is 10.00 Å². The highest BCUT2D eigenvalue weighted by molar-refractivity contribution is 7.10. The number of aliphatic hydroxyl groups excluding tert-OH is 1. The lowest BCUT2D eigenvalue weighted by atomic mass is 10.0. The zero-order chi connectivity index (χ0) is 16.9. The monoisotopic (exact) mass is 346 g/mol. The minimum atomic E-state index is -0.537. The summed E-state index contributed by atoms with van der Waals surface area (Å²) in [5.41, 5.74) is 0.884. The molecule has 6 heteroatoms. The first kappa shape index (κ1) is 17.1. The number of hydrogen-bond donors (Lipinski definition) is 1. The molecule has 2 heterocycles. The number of aliphatic hydroxyl groups is 1. The molecule has 1 aromatic heterocycles. The molecule has 2 unspecified atom stereocenters. The maximum absolute atomic E-state index is 14.1. The van der Waals surface area contributed by atoms with Gasteiger partial charge in [-0.3, -0.25) is 4.90 Å². The lowest BCUT2D eigenvalue weighted by Crippen LogP contribution is -2.45. The van der Waals surface area contributed by atoms with E-state index < -0.39 is 6.10 Å². The Kier molecular flexibility index (Phi) is 5.59. The van der Waals surface area contributed by atoms with Crippen molar-refractivity contribution in [1.82, 2.24) is 4.90 Å². The van der Waals surface area contributed by atoms with E-state index in [2.05, 4.69) is 4.90 Å². The molecule has 1 saturated heterocycles. The fraction of sp³-hybridized carbons (Fsp3) is 0.389. The number of rotatable bonds is 5. The van der Waals surface area contributed by atoms with Crippen molar-refractivity contribution < 1.29 is 14.2 Å². The average molecular weight is 346 g/mol. The molecule has 1 aliphatic rings. The van der Waals surface area contributed by atoms with E-state index >= 15 is 0 Å². The number of halogens is 1. The minimum Gasteiger partial charge on any atom is -0.388 e. The fourth-order valence-corrected chi connectivity index (χ4v) is 3.66. The highest BCUT2D eigenvalue weighted by atomic mass is 32.1. The molecule has 0 radical (unpaired) electrons. The number of benzene rings is 1. The van der Waals surface area contributed by atoms with Crippen molar-refractivity contribution in [3.8, 4) is 6.07 Å². The molecule has 4 nitrogen and oxygen atoms in total. The smallest absolute Gasteiger partial charge is 0.129 e. The van der Waals surface area contributed by atoms with Gasteiger partial charge in [0.25, 0.3) is 0 Å². The zero-order valence-electron chi connectivity index (χ0n) is 13.2. The maximum atomic E-state index is 14.1. The van der Waals surface area contributed by atoms with Gasteiger partial charge in [-0.15, -0.1) is 11.3 Å². The van der Waals surface area contributed by atoms with Crippen molar-refractivity contribution in [1.29, 1.82) is 5.26 Å². The summed E-state index contributed by atoms with van der Waals surface area (Å²) in [4.78, 5) is 3.08. The van der Waals surface area contributed by atoms with E-state index in [9.17, 15) is 9.50 Å². The van der Waals surface area contributed by atoms with Crippen LogP contribution in [0.25, 0.3) is 0 Å². The molecule has 126 valence electrons. The summed E-state index contributed by atoms with van der Waals surface area (Å²) in [7, 11) is 0. The quantitative estimate of drug-likeness (QED) is 0.904. The van der Waals surface area contributed by atoms with E-state index in [1.165, 1.54) is 17.4 Å². The summed E-state index contributed by atoms with van der Waals surface area (Å²) in [5.74, 6) is -0.363. The van der Waals surface area contributed by atoms with Crippen molar-refractivity contribution in [2.45, 2.75) is 25.1 Å². The van der Waals surface area contributed by atoms with Gasteiger partial charge < -0.3 is 9.84 Å². The van der Waals surface area contributed by atoms with E-state index in [-0.39, 0.29) is 11.9 Å².